The lowest BCUT2D eigenvalue weighted by Crippen LogP contribution is -2.35. The van der Waals surface area contributed by atoms with E-state index >= 15 is 0 Å². The van der Waals surface area contributed by atoms with Crippen molar-refractivity contribution in [1.82, 2.24) is 10.2 Å². The monoisotopic (exact) mass is 552 g/mol. The summed E-state index contributed by atoms with van der Waals surface area (Å²) in [6, 6.07) is 8.84. The van der Waals surface area contributed by atoms with Crippen LogP contribution >= 0.6 is 22.6 Å². The van der Waals surface area contributed by atoms with E-state index in [0.29, 0.717) is 31.1 Å². The SMILES string of the molecule is COc1cc(/C=C2/NC(=O)N(CC(=O)O)C2=O)cc(I)c1OCc1cccc(C(=O)O)c1. The smallest absolute Gasteiger partial charge is 0.335 e. The molecule has 1 fully saturated rings. The van der Waals surface area contributed by atoms with Crippen LogP contribution in [0.5, 0.6) is 11.5 Å². The number of ether oxygens (including phenoxy) is 2. The second-order valence-corrected chi connectivity index (χ2v) is 7.76. The standard InChI is InChI=1S/C21H17IN2O8/c1-31-16-8-12(7-15-19(27)24(9-17(25)26)21(30)23-15)6-14(22)18(16)32-10-11-3-2-4-13(5-11)20(28)29/h2-8H,9-10H2,1H3,(H,23,30)(H,25,26)(H,28,29)/b15-7+. The van der Waals surface area contributed by atoms with Crippen LogP contribution in [0.25, 0.3) is 6.08 Å². The van der Waals surface area contributed by atoms with Gasteiger partial charge in [-0.1, -0.05) is 12.1 Å². The van der Waals surface area contributed by atoms with E-state index in [9.17, 15) is 19.2 Å². The van der Waals surface area contributed by atoms with Crippen molar-refractivity contribution in [3.8, 4) is 11.5 Å². The molecule has 2 aromatic carbocycles. The highest BCUT2D eigenvalue weighted by Crippen LogP contribution is 2.35. The molecule has 2 aromatic rings. The topological polar surface area (TPSA) is 142 Å². The molecule has 3 rings (SSSR count). The van der Waals surface area contributed by atoms with Crippen LogP contribution in [0.1, 0.15) is 21.5 Å². The van der Waals surface area contributed by atoms with Crippen LogP contribution in [-0.4, -0.2) is 52.6 Å². The van der Waals surface area contributed by atoms with Crippen molar-refractivity contribution in [2.75, 3.05) is 13.7 Å². The van der Waals surface area contributed by atoms with Crippen molar-refractivity contribution in [2.24, 2.45) is 0 Å². The minimum atomic E-state index is -1.30. The Kier molecular flexibility index (Phi) is 6.98. The number of nitrogens with zero attached hydrogens (tertiary/aromatic N) is 1. The summed E-state index contributed by atoms with van der Waals surface area (Å²) >= 11 is 2.02. The summed E-state index contributed by atoms with van der Waals surface area (Å²) in [6.45, 7) is -0.634. The van der Waals surface area contributed by atoms with Crippen molar-refractivity contribution < 1.29 is 38.9 Å². The van der Waals surface area contributed by atoms with E-state index in [1.165, 1.54) is 25.3 Å². The van der Waals surface area contributed by atoms with Gasteiger partial charge in [-0.25, -0.2) is 14.5 Å². The minimum absolute atomic E-state index is 0.0618. The average molecular weight is 552 g/mol. The lowest BCUT2D eigenvalue weighted by Gasteiger charge is -2.14. The number of rotatable bonds is 8. The van der Waals surface area contributed by atoms with Crippen LogP contribution in [0.15, 0.2) is 42.1 Å². The Labute approximate surface area is 195 Å². The third-order valence-corrected chi connectivity index (χ3v) is 5.18. The average Bonchev–Trinajstić information content (AvgIpc) is 2.99. The number of nitrogens with one attached hydrogen (secondary N) is 1. The summed E-state index contributed by atoms with van der Waals surface area (Å²) in [4.78, 5) is 46.7. The molecule has 3 N–H and O–H groups in total. The van der Waals surface area contributed by atoms with Crippen LogP contribution in [0.3, 0.4) is 0 Å². The fraction of sp³-hybridized carbons (Fsp3) is 0.143. The van der Waals surface area contributed by atoms with Gasteiger partial charge < -0.3 is 25.0 Å². The van der Waals surface area contributed by atoms with Crippen LogP contribution in [0.2, 0.25) is 0 Å². The number of aromatic carboxylic acids is 1. The molecule has 0 spiro atoms. The number of hydrogen-bond acceptors (Lipinski definition) is 6. The molecule has 1 saturated heterocycles. The van der Waals surface area contributed by atoms with Gasteiger partial charge in [-0.05, 0) is 64.1 Å². The molecule has 0 bridgehead atoms. The highest BCUT2D eigenvalue weighted by Gasteiger charge is 2.34. The van der Waals surface area contributed by atoms with Crippen molar-refractivity contribution in [3.05, 3.63) is 62.4 Å². The number of carbonyl (C=O) groups is 4. The van der Waals surface area contributed by atoms with Gasteiger partial charge in [0, 0.05) is 0 Å². The van der Waals surface area contributed by atoms with Gasteiger partial charge in [0.25, 0.3) is 5.91 Å². The number of carboxylic acids is 2. The van der Waals surface area contributed by atoms with Gasteiger partial charge in [0.05, 0.1) is 16.2 Å². The molecule has 11 heteroatoms. The van der Waals surface area contributed by atoms with E-state index < -0.39 is 30.4 Å². The molecular weight excluding hydrogens is 535 g/mol. The number of aliphatic carboxylic acids is 1. The predicted octanol–water partition coefficient (Wildman–Crippen LogP) is 2.55. The molecule has 10 nitrogen and oxygen atoms in total. The molecule has 0 aliphatic carbocycles. The number of benzene rings is 2. The molecule has 1 aliphatic heterocycles. The second-order valence-electron chi connectivity index (χ2n) is 6.60. The van der Waals surface area contributed by atoms with E-state index in [1.807, 2.05) is 22.6 Å². The second kappa shape index (κ2) is 9.68. The van der Waals surface area contributed by atoms with Crippen molar-refractivity contribution in [3.63, 3.8) is 0 Å². The number of carboxylic acid groups (broad SMARTS) is 2. The number of imide groups is 1. The number of halogens is 1. The van der Waals surface area contributed by atoms with Crippen LogP contribution < -0.4 is 14.8 Å². The molecular formula is C21H17IN2O8. The van der Waals surface area contributed by atoms with Gasteiger partial charge in [-0.2, -0.15) is 0 Å². The van der Waals surface area contributed by atoms with Gasteiger partial charge >= 0.3 is 18.0 Å². The minimum Gasteiger partial charge on any atom is -0.493 e. The van der Waals surface area contributed by atoms with Gasteiger partial charge in [0.1, 0.15) is 18.8 Å². The third-order valence-electron chi connectivity index (χ3n) is 4.38. The summed E-state index contributed by atoms with van der Waals surface area (Å²) in [5.41, 5.74) is 1.27. The summed E-state index contributed by atoms with van der Waals surface area (Å²) in [7, 11) is 1.44. The first-order chi connectivity index (χ1) is 15.2. The third kappa shape index (κ3) is 5.17. The van der Waals surface area contributed by atoms with Gasteiger partial charge in [-0.3, -0.25) is 9.59 Å². The fourth-order valence-electron chi connectivity index (χ4n) is 2.93. The quantitative estimate of drug-likeness (QED) is 0.258. The molecule has 32 heavy (non-hydrogen) atoms. The Morgan fingerprint density at radius 2 is 1.94 bits per heavy atom. The first-order valence-electron chi connectivity index (χ1n) is 9.08. The molecule has 166 valence electrons. The lowest BCUT2D eigenvalue weighted by molar-refractivity contribution is -0.140. The van der Waals surface area contributed by atoms with Crippen molar-refractivity contribution in [1.29, 1.82) is 0 Å². The first-order valence-corrected chi connectivity index (χ1v) is 10.2. The summed E-state index contributed by atoms with van der Waals surface area (Å²) in [6.07, 6.45) is 1.41. The Bertz CT molecular complexity index is 1140. The number of amides is 3. The number of carbonyl (C=O) groups excluding carboxylic acids is 2. The van der Waals surface area contributed by atoms with Crippen LogP contribution in [0, 0.1) is 3.57 Å². The summed E-state index contributed by atoms with van der Waals surface area (Å²) in [5.74, 6) is -2.30. The fourth-order valence-corrected chi connectivity index (χ4v) is 3.71. The highest BCUT2D eigenvalue weighted by atomic mass is 127. The molecule has 0 aromatic heterocycles. The molecule has 3 amide bonds. The number of urea groups is 1. The maximum Gasteiger partial charge on any atom is 0.335 e. The molecule has 1 heterocycles. The van der Waals surface area contributed by atoms with Gasteiger partial charge in [-0.15, -0.1) is 0 Å². The van der Waals surface area contributed by atoms with E-state index in [1.54, 1.807) is 24.3 Å². The van der Waals surface area contributed by atoms with Crippen molar-refractivity contribution in [2.45, 2.75) is 6.61 Å². The van der Waals surface area contributed by atoms with Gasteiger partial charge in [0.15, 0.2) is 11.5 Å². The summed E-state index contributed by atoms with van der Waals surface area (Å²) in [5, 5.41) is 20.3. The Morgan fingerprint density at radius 3 is 2.59 bits per heavy atom. The first kappa shape index (κ1) is 23.1. The zero-order valence-electron chi connectivity index (χ0n) is 16.6. The largest absolute Gasteiger partial charge is 0.493 e. The van der Waals surface area contributed by atoms with Crippen LogP contribution in [-0.2, 0) is 16.2 Å². The molecule has 1 aliphatic rings. The predicted molar refractivity (Wildman–Crippen MR) is 119 cm³/mol. The zero-order valence-corrected chi connectivity index (χ0v) is 18.8. The highest BCUT2D eigenvalue weighted by molar-refractivity contribution is 14.1. The normalized spacial score (nSPS) is 14.4. The number of methoxy groups -OCH3 is 1. The molecule has 0 atom stereocenters. The number of hydrogen-bond donors (Lipinski definition) is 3. The Balaban J connectivity index is 1.82. The molecule has 0 saturated carbocycles. The van der Waals surface area contributed by atoms with Crippen LogP contribution in [0.4, 0.5) is 4.79 Å². The maximum absolute atomic E-state index is 12.3. The van der Waals surface area contributed by atoms with E-state index in [0.717, 1.165) is 0 Å². The molecule has 0 radical (unpaired) electrons. The van der Waals surface area contributed by atoms with Crippen molar-refractivity contribution >= 4 is 52.5 Å². The van der Waals surface area contributed by atoms with E-state index in [2.05, 4.69) is 5.32 Å². The Hall–Kier alpha value is -3.61. The van der Waals surface area contributed by atoms with E-state index in [-0.39, 0.29) is 17.9 Å². The zero-order chi connectivity index (χ0) is 23.4. The molecule has 0 unspecified atom stereocenters. The van der Waals surface area contributed by atoms with Gasteiger partial charge in [0.2, 0.25) is 0 Å². The van der Waals surface area contributed by atoms with E-state index in [4.69, 9.17) is 19.7 Å². The lowest BCUT2D eigenvalue weighted by atomic mass is 10.1. The Morgan fingerprint density at radius 1 is 1.19 bits per heavy atom. The summed E-state index contributed by atoms with van der Waals surface area (Å²) < 4.78 is 11.9. The maximum atomic E-state index is 12.3.